The Balaban J connectivity index is 1.79. The van der Waals surface area contributed by atoms with Crippen molar-refractivity contribution in [2.75, 3.05) is 40.0 Å². The molecular weight excluding hydrogens is 212 g/mol. The first kappa shape index (κ1) is 11.8. The van der Waals surface area contributed by atoms with Crippen LogP contribution in [0, 0.1) is 0 Å². The number of methoxy groups -OCH3 is 1. The Kier molecular flexibility index (Phi) is 3.75. The van der Waals surface area contributed by atoms with Gasteiger partial charge in [-0.2, -0.15) is 0 Å². The zero-order valence-electron chi connectivity index (χ0n) is 9.39. The smallest absolute Gasteiger partial charge is 0.246 e. The summed E-state index contributed by atoms with van der Waals surface area (Å²) in [6.45, 7) is 2.78. The van der Waals surface area contributed by atoms with Crippen LogP contribution in [0.3, 0.4) is 0 Å². The fraction of sp³-hybridized carbons (Fsp3) is 0.900. The van der Waals surface area contributed by atoms with E-state index in [0.717, 1.165) is 13.2 Å². The molecule has 6 heteroatoms. The molecule has 1 amide bonds. The van der Waals surface area contributed by atoms with Gasteiger partial charge in [-0.25, -0.2) is 0 Å². The van der Waals surface area contributed by atoms with Crippen LogP contribution in [0.1, 0.15) is 0 Å². The minimum Gasteiger partial charge on any atom is -0.390 e. The molecule has 0 bridgehead atoms. The molecule has 0 saturated carbocycles. The Bertz CT molecular complexity index is 257. The normalized spacial score (nSPS) is 31.4. The average Bonchev–Trinajstić information content (AvgIpc) is 2.44. The van der Waals surface area contributed by atoms with Crippen molar-refractivity contribution in [2.45, 2.75) is 18.2 Å². The average molecular weight is 230 g/mol. The summed E-state index contributed by atoms with van der Waals surface area (Å²) in [7, 11) is 1.47. The molecule has 92 valence electrons. The molecule has 0 aromatic carbocycles. The van der Waals surface area contributed by atoms with Crippen molar-refractivity contribution in [2.24, 2.45) is 0 Å². The number of ether oxygens (including phenoxy) is 2. The lowest BCUT2D eigenvalue weighted by atomic mass is 10.2. The molecular formula is C10H18N2O4. The third-order valence-electron chi connectivity index (χ3n) is 3.08. The third kappa shape index (κ3) is 2.52. The summed E-state index contributed by atoms with van der Waals surface area (Å²) < 4.78 is 9.84. The van der Waals surface area contributed by atoms with Gasteiger partial charge in [-0.05, 0) is 0 Å². The number of β-amino-alcohol motifs (C(OH)–C–C–N with tert-alkyl or cyclic N) is 1. The van der Waals surface area contributed by atoms with Gasteiger partial charge >= 0.3 is 0 Å². The van der Waals surface area contributed by atoms with Gasteiger partial charge in [-0.15, -0.1) is 0 Å². The number of nitrogens with zero attached hydrogens (tertiary/aromatic N) is 1. The van der Waals surface area contributed by atoms with E-state index < -0.39 is 6.10 Å². The molecule has 0 aliphatic carbocycles. The number of carbonyl (C=O) groups excluding carboxylic acids is 1. The Morgan fingerprint density at radius 3 is 2.88 bits per heavy atom. The highest BCUT2D eigenvalue weighted by molar-refractivity contribution is 5.77. The van der Waals surface area contributed by atoms with Crippen molar-refractivity contribution in [3.63, 3.8) is 0 Å². The van der Waals surface area contributed by atoms with Gasteiger partial charge in [0, 0.05) is 20.2 Å². The van der Waals surface area contributed by atoms with E-state index in [2.05, 4.69) is 10.2 Å². The van der Waals surface area contributed by atoms with Crippen LogP contribution in [0.25, 0.3) is 0 Å². The fourth-order valence-corrected chi connectivity index (χ4v) is 2.07. The summed E-state index contributed by atoms with van der Waals surface area (Å²) >= 11 is 0. The Morgan fingerprint density at radius 1 is 1.56 bits per heavy atom. The Morgan fingerprint density at radius 2 is 2.31 bits per heavy atom. The monoisotopic (exact) mass is 230 g/mol. The molecule has 2 saturated heterocycles. The summed E-state index contributed by atoms with van der Waals surface area (Å²) in [5.41, 5.74) is 0. The summed E-state index contributed by atoms with van der Waals surface area (Å²) in [6.07, 6.45) is -0.499. The standard InChI is InChI=1S/C10H18N2O4/c1-15-6-10(14)11-8-2-12(3-9(8)13)7-4-16-5-7/h7-9,13H,2-6H2,1H3,(H,11,14)/t8-,9-/m1/s1. The number of hydrogen-bond donors (Lipinski definition) is 2. The highest BCUT2D eigenvalue weighted by Gasteiger charge is 2.38. The second kappa shape index (κ2) is 5.09. The predicted octanol–water partition coefficient (Wildman–Crippen LogP) is -1.81. The second-order valence-electron chi connectivity index (χ2n) is 4.32. The number of rotatable bonds is 4. The van der Waals surface area contributed by atoms with Crippen LogP contribution in [0.15, 0.2) is 0 Å². The molecule has 0 unspecified atom stereocenters. The first-order valence-electron chi connectivity index (χ1n) is 5.49. The number of hydrogen-bond acceptors (Lipinski definition) is 5. The number of nitrogens with one attached hydrogen (secondary N) is 1. The summed E-state index contributed by atoms with van der Waals surface area (Å²) in [4.78, 5) is 13.5. The van der Waals surface area contributed by atoms with E-state index in [9.17, 15) is 9.90 Å². The van der Waals surface area contributed by atoms with Crippen molar-refractivity contribution >= 4 is 5.91 Å². The van der Waals surface area contributed by atoms with Crippen LogP contribution >= 0.6 is 0 Å². The van der Waals surface area contributed by atoms with E-state index in [0.29, 0.717) is 19.1 Å². The summed E-state index contributed by atoms with van der Waals surface area (Å²) in [6, 6.07) is 0.210. The van der Waals surface area contributed by atoms with Crippen molar-refractivity contribution in [3.05, 3.63) is 0 Å². The molecule has 0 spiro atoms. The molecule has 16 heavy (non-hydrogen) atoms. The lowest BCUT2D eigenvalue weighted by Gasteiger charge is -2.34. The van der Waals surface area contributed by atoms with Gasteiger partial charge in [0.05, 0.1) is 31.4 Å². The highest BCUT2D eigenvalue weighted by atomic mass is 16.5. The van der Waals surface area contributed by atoms with Gasteiger partial charge in [0.1, 0.15) is 6.61 Å². The largest absolute Gasteiger partial charge is 0.390 e. The van der Waals surface area contributed by atoms with Crippen LogP contribution in [-0.4, -0.2) is 74.1 Å². The molecule has 2 rings (SSSR count). The zero-order chi connectivity index (χ0) is 11.5. The maximum absolute atomic E-state index is 11.3. The van der Waals surface area contributed by atoms with Crippen LogP contribution in [0.2, 0.25) is 0 Å². The Labute approximate surface area is 94.5 Å². The van der Waals surface area contributed by atoms with Crippen molar-refractivity contribution in [3.8, 4) is 0 Å². The molecule has 0 aromatic rings. The number of amides is 1. The van der Waals surface area contributed by atoms with Gasteiger partial charge in [0.25, 0.3) is 0 Å². The molecule has 2 aliphatic heterocycles. The lowest BCUT2D eigenvalue weighted by molar-refractivity contribution is -0.126. The number of aliphatic hydroxyl groups excluding tert-OH is 1. The van der Waals surface area contributed by atoms with Crippen LogP contribution in [0.5, 0.6) is 0 Å². The third-order valence-corrected chi connectivity index (χ3v) is 3.08. The van der Waals surface area contributed by atoms with Crippen LogP contribution in [-0.2, 0) is 14.3 Å². The second-order valence-corrected chi connectivity index (χ2v) is 4.32. The highest BCUT2D eigenvalue weighted by Crippen LogP contribution is 2.18. The van der Waals surface area contributed by atoms with Gasteiger partial charge < -0.3 is 19.9 Å². The molecule has 2 atom stereocenters. The number of aliphatic hydroxyl groups is 1. The van der Waals surface area contributed by atoms with Crippen molar-refractivity contribution in [1.82, 2.24) is 10.2 Å². The maximum atomic E-state index is 11.3. The van der Waals surface area contributed by atoms with Gasteiger partial charge in [-0.1, -0.05) is 0 Å². The number of likely N-dealkylation sites (tertiary alicyclic amines) is 1. The zero-order valence-corrected chi connectivity index (χ0v) is 9.39. The van der Waals surface area contributed by atoms with Crippen molar-refractivity contribution < 1.29 is 19.4 Å². The molecule has 2 aliphatic rings. The first-order valence-corrected chi connectivity index (χ1v) is 5.49. The summed E-state index contributed by atoms with van der Waals surface area (Å²) in [5, 5.41) is 12.6. The lowest BCUT2D eigenvalue weighted by Crippen LogP contribution is -2.49. The fourth-order valence-electron chi connectivity index (χ4n) is 2.07. The van der Waals surface area contributed by atoms with E-state index in [1.165, 1.54) is 7.11 Å². The summed E-state index contributed by atoms with van der Waals surface area (Å²) in [5.74, 6) is -0.182. The predicted molar refractivity (Wildman–Crippen MR) is 56.0 cm³/mol. The van der Waals surface area contributed by atoms with E-state index in [1.54, 1.807) is 0 Å². The molecule has 6 nitrogen and oxygen atoms in total. The molecule has 2 heterocycles. The van der Waals surface area contributed by atoms with Crippen molar-refractivity contribution in [1.29, 1.82) is 0 Å². The van der Waals surface area contributed by atoms with E-state index in [-0.39, 0.29) is 18.6 Å². The van der Waals surface area contributed by atoms with E-state index in [1.807, 2.05) is 0 Å². The Hall–Kier alpha value is -0.690. The molecule has 0 aromatic heterocycles. The SMILES string of the molecule is COCC(=O)N[C@@H]1CN(C2COC2)C[C@H]1O. The quantitative estimate of drug-likeness (QED) is 0.596. The molecule has 0 radical (unpaired) electrons. The maximum Gasteiger partial charge on any atom is 0.246 e. The minimum atomic E-state index is -0.499. The van der Waals surface area contributed by atoms with Crippen LogP contribution < -0.4 is 5.32 Å². The van der Waals surface area contributed by atoms with Gasteiger partial charge in [-0.3, -0.25) is 9.69 Å². The topological polar surface area (TPSA) is 71.0 Å². The first-order chi connectivity index (χ1) is 7.70. The van der Waals surface area contributed by atoms with Gasteiger partial charge in [0.15, 0.2) is 0 Å². The van der Waals surface area contributed by atoms with E-state index >= 15 is 0 Å². The minimum absolute atomic E-state index is 0.0375. The molecule has 2 fully saturated rings. The van der Waals surface area contributed by atoms with Crippen LogP contribution in [0.4, 0.5) is 0 Å². The number of carbonyl (C=O) groups is 1. The van der Waals surface area contributed by atoms with Gasteiger partial charge in [0.2, 0.25) is 5.91 Å². The van der Waals surface area contributed by atoms with E-state index in [4.69, 9.17) is 9.47 Å². The molecule has 2 N–H and O–H groups in total.